The molecule has 1 aromatic carbocycles. The van der Waals surface area contributed by atoms with E-state index in [0.29, 0.717) is 24.3 Å². The maximum Gasteiger partial charge on any atom is 0.133 e. The fourth-order valence-electron chi connectivity index (χ4n) is 1.72. The highest BCUT2D eigenvalue weighted by atomic mass is 19.1. The van der Waals surface area contributed by atoms with Crippen LogP contribution in [0.5, 0.6) is 0 Å². The van der Waals surface area contributed by atoms with E-state index in [1.807, 2.05) is 6.07 Å². The molecule has 0 aromatic heterocycles. The lowest BCUT2D eigenvalue weighted by Gasteiger charge is -2.07. The molecule has 2 N–H and O–H groups in total. The Morgan fingerprint density at radius 1 is 1.18 bits per heavy atom. The second-order valence-electron chi connectivity index (χ2n) is 4.21. The average molecular weight is 239 g/mol. The van der Waals surface area contributed by atoms with E-state index in [9.17, 15) is 4.39 Å². The molecule has 17 heavy (non-hydrogen) atoms. The quantitative estimate of drug-likeness (QED) is 0.706. The van der Waals surface area contributed by atoms with Crippen molar-refractivity contribution in [2.75, 3.05) is 6.61 Å². The first-order valence-corrected chi connectivity index (χ1v) is 6.33. The molecule has 3 heteroatoms. The lowest BCUT2D eigenvalue weighted by molar-refractivity contribution is 0.114. The predicted molar refractivity (Wildman–Crippen MR) is 68.1 cm³/mol. The molecule has 1 rings (SSSR count). The highest BCUT2D eigenvalue weighted by Gasteiger charge is 2.06. The monoisotopic (exact) mass is 239 g/mol. The van der Waals surface area contributed by atoms with Gasteiger partial charge >= 0.3 is 0 Å². The molecule has 0 radical (unpaired) electrons. The van der Waals surface area contributed by atoms with Gasteiger partial charge in [-0.1, -0.05) is 44.4 Å². The Bertz CT molecular complexity index is 328. The van der Waals surface area contributed by atoms with Crippen molar-refractivity contribution in [3.8, 4) is 0 Å². The molecule has 0 unspecified atom stereocenters. The smallest absolute Gasteiger partial charge is 0.133 e. The number of halogens is 1. The van der Waals surface area contributed by atoms with Crippen LogP contribution in [0.1, 0.15) is 43.7 Å². The first-order valence-electron chi connectivity index (χ1n) is 6.33. The van der Waals surface area contributed by atoms with Gasteiger partial charge in [-0.25, -0.2) is 4.39 Å². The van der Waals surface area contributed by atoms with Gasteiger partial charge in [0, 0.05) is 24.3 Å². The standard InChI is InChI=1S/C14H22FNO/c1-2-3-4-5-9-17-11-13-8-6-7-12(10-16)14(13)15/h6-8H,2-5,9-11,16H2,1H3. The van der Waals surface area contributed by atoms with Crippen molar-refractivity contribution in [1.82, 2.24) is 0 Å². The highest BCUT2D eigenvalue weighted by molar-refractivity contribution is 5.25. The van der Waals surface area contributed by atoms with Crippen LogP contribution in [0.2, 0.25) is 0 Å². The zero-order valence-corrected chi connectivity index (χ0v) is 10.5. The van der Waals surface area contributed by atoms with Gasteiger partial charge in [-0.2, -0.15) is 0 Å². The number of ether oxygens (including phenoxy) is 1. The van der Waals surface area contributed by atoms with Crippen LogP contribution in [0.4, 0.5) is 4.39 Å². The van der Waals surface area contributed by atoms with Crippen molar-refractivity contribution in [2.24, 2.45) is 5.73 Å². The van der Waals surface area contributed by atoms with Gasteiger partial charge in [-0.15, -0.1) is 0 Å². The van der Waals surface area contributed by atoms with E-state index in [2.05, 4.69) is 6.92 Å². The normalized spacial score (nSPS) is 10.8. The van der Waals surface area contributed by atoms with Crippen LogP contribution < -0.4 is 5.73 Å². The third-order valence-electron chi connectivity index (χ3n) is 2.78. The zero-order chi connectivity index (χ0) is 12.5. The predicted octanol–water partition coefficient (Wildman–Crippen LogP) is 3.38. The van der Waals surface area contributed by atoms with Crippen molar-refractivity contribution in [3.05, 3.63) is 35.1 Å². The molecular weight excluding hydrogens is 217 g/mol. The fourth-order valence-corrected chi connectivity index (χ4v) is 1.72. The van der Waals surface area contributed by atoms with Crippen LogP contribution in [0.3, 0.4) is 0 Å². The first kappa shape index (κ1) is 14.1. The topological polar surface area (TPSA) is 35.2 Å². The van der Waals surface area contributed by atoms with E-state index in [1.54, 1.807) is 12.1 Å². The summed E-state index contributed by atoms with van der Waals surface area (Å²) in [5.41, 5.74) is 6.60. The molecule has 96 valence electrons. The van der Waals surface area contributed by atoms with Crippen molar-refractivity contribution in [2.45, 2.75) is 45.8 Å². The van der Waals surface area contributed by atoms with E-state index in [0.717, 1.165) is 6.42 Å². The van der Waals surface area contributed by atoms with Crippen LogP contribution in [-0.2, 0) is 17.9 Å². The average Bonchev–Trinajstić information content (AvgIpc) is 2.35. The third-order valence-corrected chi connectivity index (χ3v) is 2.78. The zero-order valence-electron chi connectivity index (χ0n) is 10.5. The number of benzene rings is 1. The van der Waals surface area contributed by atoms with Gasteiger partial charge in [0.2, 0.25) is 0 Å². The number of hydrogen-bond donors (Lipinski definition) is 1. The molecule has 0 spiro atoms. The van der Waals surface area contributed by atoms with E-state index in [1.165, 1.54) is 19.3 Å². The summed E-state index contributed by atoms with van der Waals surface area (Å²) in [7, 11) is 0. The molecule has 0 aliphatic heterocycles. The Labute approximate surface area is 103 Å². The van der Waals surface area contributed by atoms with Crippen LogP contribution in [0, 0.1) is 5.82 Å². The summed E-state index contributed by atoms with van der Waals surface area (Å²) in [4.78, 5) is 0. The van der Waals surface area contributed by atoms with E-state index in [-0.39, 0.29) is 12.4 Å². The second kappa shape index (κ2) is 8.20. The van der Waals surface area contributed by atoms with Crippen molar-refractivity contribution >= 4 is 0 Å². The fraction of sp³-hybridized carbons (Fsp3) is 0.571. The van der Waals surface area contributed by atoms with Crippen molar-refractivity contribution in [3.63, 3.8) is 0 Å². The molecule has 2 nitrogen and oxygen atoms in total. The summed E-state index contributed by atoms with van der Waals surface area (Å²) in [5.74, 6) is -0.219. The number of rotatable bonds is 8. The van der Waals surface area contributed by atoms with Gasteiger partial charge in [0.15, 0.2) is 0 Å². The molecular formula is C14H22FNO. The minimum atomic E-state index is -0.219. The maximum atomic E-state index is 13.7. The highest BCUT2D eigenvalue weighted by Crippen LogP contribution is 2.13. The summed E-state index contributed by atoms with van der Waals surface area (Å²) in [5, 5.41) is 0. The molecule has 0 saturated carbocycles. The summed E-state index contributed by atoms with van der Waals surface area (Å²) < 4.78 is 19.2. The van der Waals surface area contributed by atoms with Gasteiger partial charge in [-0.3, -0.25) is 0 Å². The maximum absolute atomic E-state index is 13.7. The van der Waals surface area contributed by atoms with Crippen molar-refractivity contribution in [1.29, 1.82) is 0 Å². The molecule has 0 aliphatic rings. The Kier molecular flexibility index (Phi) is 6.82. The third kappa shape index (κ3) is 4.84. The summed E-state index contributed by atoms with van der Waals surface area (Å²) in [6.45, 7) is 3.45. The summed E-state index contributed by atoms with van der Waals surface area (Å²) >= 11 is 0. The van der Waals surface area contributed by atoms with Crippen LogP contribution in [0.25, 0.3) is 0 Å². The van der Waals surface area contributed by atoms with Gasteiger partial charge < -0.3 is 10.5 Å². The number of nitrogens with two attached hydrogens (primary N) is 1. The van der Waals surface area contributed by atoms with Crippen molar-refractivity contribution < 1.29 is 9.13 Å². The van der Waals surface area contributed by atoms with E-state index in [4.69, 9.17) is 10.5 Å². The molecule has 0 fully saturated rings. The summed E-state index contributed by atoms with van der Waals surface area (Å²) in [6.07, 6.45) is 4.68. The van der Waals surface area contributed by atoms with Gasteiger partial charge in [0.25, 0.3) is 0 Å². The number of unbranched alkanes of at least 4 members (excludes halogenated alkanes) is 3. The molecule has 0 amide bonds. The Hall–Kier alpha value is -0.930. The first-order chi connectivity index (χ1) is 8.29. The Morgan fingerprint density at radius 2 is 1.94 bits per heavy atom. The minimum absolute atomic E-state index is 0.219. The van der Waals surface area contributed by atoms with Gasteiger partial charge in [0.05, 0.1) is 6.61 Å². The largest absolute Gasteiger partial charge is 0.377 e. The Morgan fingerprint density at radius 3 is 2.65 bits per heavy atom. The van der Waals surface area contributed by atoms with Gasteiger partial charge in [0.1, 0.15) is 5.82 Å². The molecule has 0 heterocycles. The Balaban J connectivity index is 2.31. The molecule has 0 atom stereocenters. The van der Waals surface area contributed by atoms with Crippen LogP contribution in [0.15, 0.2) is 18.2 Å². The van der Waals surface area contributed by atoms with E-state index >= 15 is 0 Å². The lowest BCUT2D eigenvalue weighted by atomic mass is 10.1. The lowest BCUT2D eigenvalue weighted by Crippen LogP contribution is -2.04. The molecule has 0 bridgehead atoms. The minimum Gasteiger partial charge on any atom is -0.377 e. The molecule has 1 aromatic rings. The summed E-state index contributed by atoms with van der Waals surface area (Å²) in [6, 6.07) is 5.28. The molecule has 0 saturated heterocycles. The number of hydrogen-bond acceptors (Lipinski definition) is 2. The van der Waals surface area contributed by atoms with E-state index < -0.39 is 0 Å². The molecule has 0 aliphatic carbocycles. The van der Waals surface area contributed by atoms with Crippen LogP contribution >= 0.6 is 0 Å². The second-order valence-corrected chi connectivity index (χ2v) is 4.21. The van der Waals surface area contributed by atoms with Gasteiger partial charge in [-0.05, 0) is 6.42 Å². The van der Waals surface area contributed by atoms with Crippen LogP contribution in [-0.4, -0.2) is 6.61 Å². The SMILES string of the molecule is CCCCCCOCc1cccc(CN)c1F.